The molecule has 5 N–H and O–H groups in total. The van der Waals surface area contributed by atoms with Crippen LogP contribution in [0, 0.1) is 17.2 Å². The number of aliphatic imine (C=N–C) groups is 1. The van der Waals surface area contributed by atoms with Gasteiger partial charge in [0.1, 0.15) is 11.9 Å². The minimum atomic E-state index is -0.764. The fourth-order valence-corrected chi connectivity index (χ4v) is 3.13. The van der Waals surface area contributed by atoms with Gasteiger partial charge in [-0.2, -0.15) is 14.9 Å². The molecule has 0 spiro atoms. The van der Waals surface area contributed by atoms with Gasteiger partial charge < -0.3 is 26.4 Å². The summed E-state index contributed by atoms with van der Waals surface area (Å²) in [6.45, 7) is 4.15. The van der Waals surface area contributed by atoms with Crippen molar-refractivity contribution in [2.24, 2.45) is 10.9 Å². The highest BCUT2D eigenvalue weighted by molar-refractivity contribution is 5.97. The predicted molar refractivity (Wildman–Crippen MR) is 116 cm³/mol. The molecule has 0 saturated heterocycles. The number of nitrogens with zero attached hydrogens (tertiary/aromatic N) is 6. The molecule has 2 heterocycles. The Morgan fingerprint density at radius 3 is 2.67 bits per heavy atom. The van der Waals surface area contributed by atoms with Crippen LogP contribution in [0.2, 0.25) is 0 Å². The summed E-state index contributed by atoms with van der Waals surface area (Å²) in [5.41, 5.74) is 6.89. The molecule has 3 rings (SSSR count). The van der Waals surface area contributed by atoms with Crippen LogP contribution >= 0.6 is 0 Å². The van der Waals surface area contributed by atoms with Crippen molar-refractivity contribution in [2.75, 3.05) is 24.7 Å². The molecule has 30 heavy (non-hydrogen) atoms. The van der Waals surface area contributed by atoms with Gasteiger partial charge in [0.2, 0.25) is 18.1 Å². The number of aliphatic hydroxyl groups excluding tert-OH is 1. The number of allylic oxidation sites excluding steroid dienone is 1. The highest BCUT2D eigenvalue weighted by atomic mass is 16.3. The Labute approximate surface area is 175 Å². The molecule has 0 bridgehead atoms. The van der Waals surface area contributed by atoms with E-state index in [4.69, 9.17) is 5.73 Å². The summed E-state index contributed by atoms with van der Waals surface area (Å²) in [6.07, 6.45) is 1.76. The van der Waals surface area contributed by atoms with Crippen molar-refractivity contribution >= 4 is 23.4 Å². The molecule has 0 radical (unpaired) electrons. The Kier molecular flexibility index (Phi) is 6.54. The molecule has 2 aromatic rings. The first-order valence-corrected chi connectivity index (χ1v) is 9.75. The fourth-order valence-electron chi connectivity index (χ4n) is 3.13. The zero-order chi connectivity index (χ0) is 21.7. The van der Waals surface area contributed by atoms with E-state index in [1.54, 1.807) is 18.0 Å². The van der Waals surface area contributed by atoms with Crippen LogP contribution in [-0.2, 0) is 0 Å². The minimum absolute atomic E-state index is 0.0241. The second kappa shape index (κ2) is 9.28. The molecule has 1 unspecified atom stereocenters. The number of benzene rings is 1. The van der Waals surface area contributed by atoms with Gasteiger partial charge in [-0.3, -0.25) is 0 Å². The molecule has 10 nitrogen and oxygen atoms in total. The SMILES string of the molecule is CC(C)C[C@@H](CO)NC1=CC(n2nc(Nc3ccccc3)nc2N)=NC(C#N)N1C. The highest BCUT2D eigenvalue weighted by Gasteiger charge is 2.26. The number of nitriles is 1. The molecule has 1 aromatic carbocycles. The summed E-state index contributed by atoms with van der Waals surface area (Å²) in [7, 11) is 1.77. The number of hydrogen-bond donors (Lipinski definition) is 4. The highest BCUT2D eigenvalue weighted by Crippen LogP contribution is 2.18. The van der Waals surface area contributed by atoms with Gasteiger partial charge in [-0.1, -0.05) is 32.0 Å². The Balaban J connectivity index is 1.88. The minimum Gasteiger partial charge on any atom is -0.394 e. The molecule has 10 heteroatoms. The van der Waals surface area contributed by atoms with E-state index in [1.165, 1.54) is 4.68 Å². The number of aromatic nitrogens is 3. The molecule has 0 saturated carbocycles. The molecular formula is C20H27N9O. The number of rotatable bonds is 7. The topological polar surface area (TPSA) is 140 Å². The first kappa shape index (κ1) is 21.1. The lowest BCUT2D eigenvalue weighted by Crippen LogP contribution is -2.45. The van der Waals surface area contributed by atoms with Crippen molar-refractivity contribution in [1.82, 2.24) is 25.0 Å². The maximum absolute atomic E-state index is 9.73. The third kappa shape index (κ3) is 4.87. The van der Waals surface area contributed by atoms with Gasteiger partial charge in [-0.05, 0) is 24.5 Å². The largest absolute Gasteiger partial charge is 0.394 e. The van der Waals surface area contributed by atoms with E-state index in [2.05, 4.69) is 45.6 Å². The van der Waals surface area contributed by atoms with Crippen molar-refractivity contribution in [3.8, 4) is 6.07 Å². The zero-order valence-electron chi connectivity index (χ0n) is 17.3. The summed E-state index contributed by atoms with van der Waals surface area (Å²) in [6, 6.07) is 11.5. The van der Waals surface area contributed by atoms with Crippen LogP contribution in [0.4, 0.5) is 17.6 Å². The van der Waals surface area contributed by atoms with Crippen LogP contribution in [0.3, 0.4) is 0 Å². The Bertz CT molecular complexity index is 958. The van der Waals surface area contributed by atoms with Crippen LogP contribution < -0.4 is 16.4 Å². The van der Waals surface area contributed by atoms with Crippen LogP contribution in [0.25, 0.3) is 0 Å². The second-order valence-electron chi connectivity index (χ2n) is 7.48. The number of anilines is 3. The van der Waals surface area contributed by atoms with Gasteiger partial charge in [-0.15, -0.1) is 5.10 Å². The molecule has 0 amide bonds. The maximum Gasteiger partial charge on any atom is 0.248 e. The van der Waals surface area contributed by atoms with Crippen LogP contribution in [0.5, 0.6) is 0 Å². The molecule has 1 aliphatic heterocycles. The van der Waals surface area contributed by atoms with Crippen LogP contribution in [-0.4, -0.2) is 56.5 Å². The van der Waals surface area contributed by atoms with E-state index < -0.39 is 6.17 Å². The second-order valence-corrected chi connectivity index (χ2v) is 7.48. The van der Waals surface area contributed by atoms with E-state index in [9.17, 15) is 10.4 Å². The van der Waals surface area contributed by atoms with E-state index in [-0.39, 0.29) is 18.6 Å². The predicted octanol–water partition coefficient (Wildman–Crippen LogP) is 1.48. The van der Waals surface area contributed by atoms with E-state index in [0.29, 0.717) is 23.5 Å². The standard InChI is InChI=1S/C20H27N9O/c1-13(2)9-15(12-30)23-16-10-17(25-18(11-21)28(16)3)29-19(22)26-20(27-29)24-14-7-5-4-6-8-14/h4-8,10,13,15,18,23,30H,9,12H2,1-3H3,(H3,22,24,26,27)/t15-,18?/m0/s1. The number of aliphatic hydroxyl groups is 1. The molecule has 0 aliphatic carbocycles. The van der Waals surface area contributed by atoms with Crippen molar-refractivity contribution in [3.05, 3.63) is 42.2 Å². The fraction of sp³-hybridized carbons (Fsp3) is 0.400. The molecule has 2 atom stereocenters. The van der Waals surface area contributed by atoms with Crippen molar-refractivity contribution in [1.29, 1.82) is 5.26 Å². The smallest absolute Gasteiger partial charge is 0.248 e. The third-order valence-corrected chi connectivity index (χ3v) is 4.59. The average molecular weight is 409 g/mol. The lowest BCUT2D eigenvalue weighted by atomic mass is 10.0. The Hall–Kier alpha value is -3.58. The molecule has 158 valence electrons. The third-order valence-electron chi connectivity index (χ3n) is 4.59. The summed E-state index contributed by atoms with van der Waals surface area (Å²) in [4.78, 5) is 10.4. The van der Waals surface area contributed by atoms with Crippen molar-refractivity contribution in [3.63, 3.8) is 0 Å². The monoisotopic (exact) mass is 409 g/mol. The number of nitrogens with two attached hydrogens (primary N) is 1. The number of para-hydroxylation sites is 1. The molecule has 1 aromatic heterocycles. The summed E-state index contributed by atoms with van der Waals surface area (Å²) < 4.78 is 1.39. The van der Waals surface area contributed by atoms with Gasteiger partial charge in [0.25, 0.3) is 0 Å². The summed E-state index contributed by atoms with van der Waals surface area (Å²) >= 11 is 0. The molecule has 1 aliphatic rings. The van der Waals surface area contributed by atoms with Gasteiger partial charge in [0.05, 0.1) is 12.6 Å². The summed E-state index contributed by atoms with van der Waals surface area (Å²) in [5.74, 6) is 1.91. The van der Waals surface area contributed by atoms with E-state index in [1.807, 2.05) is 30.3 Å². The molecule has 0 fully saturated rings. The first-order chi connectivity index (χ1) is 14.4. The maximum atomic E-state index is 9.73. The van der Waals surface area contributed by atoms with E-state index in [0.717, 1.165) is 12.1 Å². The zero-order valence-corrected chi connectivity index (χ0v) is 17.3. The van der Waals surface area contributed by atoms with Crippen molar-refractivity contribution in [2.45, 2.75) is 32.5 Å². The Morgan fingerprint density at radius 1 is 1.30 bits per heavy atom. The lowest BCUT2D eigenvalue weighted by molar-refractivity contribution is 0.215. The summed E-state index contributed by atoms with van der Waals surface area (Å²) in [5, 5.41) is 30.1. The van der Waals surface area contributed by atoms with Gasteiger partial charge >= 0.3 is 0 Å². The first-order valence-electron chi connectivity index (χ1n) is 9.75. The Morgan fingerprint density at radius 2 is 2.03 bits per heavy atom. The average Bonchev–Trinajstić information content (AvgIpc) is 3.09. The van der Waals surface area contributed by atoms with Crippen LogP contribution in [0.15, 0.2) is 47.2 Å². The number of nitrogens with one attached hydrogen (secondary N) is 2. The lowest BCUT2D eigenvalue weighted by Gasteiger charge is -2.32. The van der Waals surface area contributed by atoms with Gasteiger partial charge in [0.15, 0.2) is 5.84 Å². The van der Waals surface area contributed by atoms with Crippen LogP contribution in [0.1, 0.15) is 20.3 Å². The molecular weight excluding hydrogens is 382 g/mol. The quantitative estimate of drug-likeness (QED) is 0.539. The normalized spacial score (nSPS) is 17.2. The number of hydrogen-bond acceptors (Lipinski definition) is 9. The number of nitrogen functional groups attached to an aromatic ring is 1. The van der Waals surface area contributed by atoms with Gasteiger partial charge in [0, 0.05) is 18.8 Å². The van der Waals surface area contributed by atoms with Gasteiger partial charge in [-0.25, -0.2) is 4.99 Å². The van der Waals surface area contributed by atoms with Crippen molar-refractivity contribution < 1.29 is 5.11 Å². The van der Waals surface area contributed by atoms with E-state index >= 15 is 0 Å².